The molecule has 0 atom stereocenters. The molecule has 0 bridgehead atoms. The van der Waals surface area contributed by atoms with E-state index in [2.05, 4.69) is 15.3 Å². The van der Waals surface area contributed by atoms with E-state index < -0.39 is 5.97 Å². The van der Waals surface area contributed by atoms with Gasteiger partial charge in [0.1, 0.15) is 6.21 Å². The number of carbonyl (C=O) groups excluding carboxylic acids is 1. The van der Waals surface area contributed by atoms with Crippen LogP contribution in [0, 0.1) is 0 Å². The number of hydrogen-bond acceptors (Lipinski definition) is 4. The zero-order valence-electron chi connectivity index (χ0n) is 8.24. The first-order valence-electron chi connectivity index (χ1n) is 4.44. The second-order valence-electron chi connectivity index (χ2n) is 2.60. The lowest BCUT2D eigenvalue weighted by Gasteiger charge is -2.01. The summed E-state index contributed by atoms with van der Waals surface area (Å²) in [7, 11) is 0. The van der Waals surface area contributed by atoms with Crippen molar-refractivity contribution >= 4 is 29.5 Å². The Kier molecular flexibility index (Phi) is 4.63. The number of hydrogen-bond donors (Lipinski definition) is 1. The molecule has 0 aliphatic heterocycles. The van der Waals surface area contributed by atoms with Crippen LogP contribution in [0.25, 0.3) is 0 Å². The summed E-state index contributed by atoms with van der Waals surface area (Å²) in [5, 5.41) is 4.23. The van der Waals surface area contributed by atoms with Gasteiger partial charge in [0.25, 0.3) is 0 Å². The van der Waals surface area contributed by atoms with Gasteiger partial charge in [0.2, 0.25) is 0 Å². The minimum atomic E-state index is -0.489. The molecular formula is C10H11ClN2O2. The average Bonchev–Trinajstić information content (AvgIpc) is 2.21. The summed E-state index contributed by atoms with van der Waals surface area (Å²) in [6.07, 6.45) is 1.06. The summed E-state index contributed by atoms with van der Waals surface area (Å²) in [5.41, 5.74) is 3.28. The number of halogens is 1. The smallest absolute Gasteiger partial charge is 0.351 e. The maximum absolute atomic E-state index is 10.9. The lowest BCUT2D eigenvalue weighted by molar-refractivity contribution is -0.134. The van der Waals surface area contributed by atoms with E-state index in [9.17, 15) is 4.79 Å². The number of anilines is 1. The minimum absolute atomic E-state index is 0.330. The zero-order valence-corrected chi connectivity index (χ0v) is 8.99. The number of nitrogens with one attached hydrogen (secondary N) is 1. The summed E-state index contributed by atoms with van der Waals surface area (Å²) in [5.74, 6) is -0.489. The topological polar surface area (TPSA) is 50.7 Å². The van der Waals surface area contributed by atoms with Gasteiger partial charge in [0.05, 0.1) is 17.3 Å². The molecule has 0 amide bonds. The molecule has 5 heteroatoms. The van der Waals surface area contributed by atoms with Crippen LogP contribution in [-0.2, 0) is 9.53 Å². The highest BCUT2D eigenvalue weighted by molar-refractivity contribution is 6.33. The highest BCUT2D eigenvalue weighted by Crippen LogP contribution is 2.19. The lowest BCUT2D eigenvalue weighted by Crippen LogP contribution is -2.06. The summed E-state index contributed by atoms with van der Waals surface area (Å²) >= 11 is 5.85. The molecule has 0 heterocycles. The molecular weight excluding hydrogens is 216 g/mol. The van der Waals surface area contributed by atoms with Crippen LogP contribution in [0.2, 0.25) is 5.02 Å². The van der Waals surface area contributed by atoms with Gasteiger partial charge in [-0.3, -0.25) is 5.43 Å². The van der Waals surface area contributed by atoms with Crippen molar-refractivity contribution in [3.63, 3.8) is 0 Å². The van der Waals surface area contributed by atoms with Crippen LogP contribution in [-0.4, -0.2) is 18.8 Å². The van der Waals surface area contributed by atoms with Gasteiger partial charge in [-0.15, -0.1) is 0 Å². The van der Waals surface area contributed by atoms with E-state index in [4.69, 9.17) is 11.6 Å². The second kappa shape index (κ2) is 6.03. The molecule has 0 saturated heterocycles. The fraction of sp³-hybridized carbons (Fsp3) is 0.200. The third-order valence-corrected chi connectivity index (χ3v) is 1.85. The monoisotopic (exact) mass is 226 g/mol. The molecule has 1 aromatic rings. The van der Waals surface area contributed by atoms with Crippen LogP contribution >= 0.6 is 11.6 Å². The Morgan fingerprint density at radius 1 is 1.60 bits per heavy atom. The van der Waals surface area contributed by atoms with E-state index >= 15 is 0 Å². The number of hydrazone groups is 1. The van der Waals surface area contributed by atoms with Gasteiger partial charge in [0, 0.05) is 0 Å². The fourth-order valence-corrected chi connectivity index (χ4v) is 1.06. The number of nitrogens with zero attached hydrogens (tertiary/aromatic N) is 1. The molecule has 0 radical (unpaired) electrons. The van der Waals surface area contributed by atoms with Crippen molar-refractivity contribution < 1.29 is 9.53 Å². The molecule has 0 aliphatic rings. The summed E-state index contributed by atoms with van der Waals surface area (Å²) < 4.78 is 4.65. The van der Waals surface area contributed by atoms with Crippen molar-refractivity contribution in [2.24, 2.45) is 5.10 Å². The van der Waals surface area contributed by atoms with Gasteiger partial charge in [0.15, 0.2) is 0 Å². The first kappa shape index (κ1) is 11.5. The standard InChI is InChI=1S/C10H11ClN2O2/c1-2-15-10(14)7-12-13-9-6-4-3-5-8(9)11/h3-7,13H,2H2,1H3/b12-7+. The van der Waals surface area contributed by atoms with Gasteiger partial charge in [-0.05, 0) is 19.1 Å². The van der Waals surface area contributed by atoms with E-state index in [1.165, 1.54) is 0 Å². The van der Waals surface area contributed by atoms with E-state index in [0.717, 1.165) is 6.21 Å². The molecule has 1 N–H and O–H groups in total. The highest BCUT2D eigenvalue weighted by Gasteiger charge is 1.97. The van der Waals surface area contributed by atoms with Crippen LogP contribution in [0.15, 0.2) is 29.4 Å². The molecule has 0 aromatic heterocycles. The van der Waals surface area contributed by atoms with Gasteiger partial charge in [-0.2, -0.15) is 5.10 Å². The summed E-state index contributed by atoms with van der Waals surface area (Å²) in [4.78, 5) is 10.9. The van der Waals surface area contributed by atoms with Crippen molar-refractivity contribution in [2.75, 3.05) is 12.0 Å². The molecule has 4 nitrogen and oxygen atoms in total. The SMILES string of the molecule is CCOC(=O)/C=N/Nc1ccccc1Cl. The molecule has 15 heavy (non-hydrogen) atoms. The Morgan fingerprint density at radius 3 is 3.00 bits per heavy atom. The van der Waals surface area contributed by atoms with Crippen molar-refractivity contribution in [1.82, 2.24) is 0 Å². The maximum atomic E-state index is 10.9. The molecule has 1 rings (SSSR count). The Bertz CT molecular complexity index is 366. The number of carbonyl (C=O) groups is 1. The number of ether oxygens (including phenoxy) is 1. The maximum Gasteiger partial charge on any atom is 0.351 e. The fourth-order valence-electron chi connectivity index (χ4n) is 0.886. The largest absolute Gasteiger partial charge is 0.462 e. The first-order chi connectivity index (χ1) is 7.24. The van der Waals surface area contributed by atoms with Crippen LogP contribution in [0.4, 0.5) is 5.69 Å². The molecule has 0 spiro atoms. The van der Waals surface area contributed by atoms with E-state index in [1.807, 2.05) is 12.1 Å². The predicted octanol–water partition coefficient (Wildman–Crippen LogP) is 2.30. The third kappa shape index (κ3) is 3.99. The first-order valence-corrected chi connectivity index (χ1v) is 4.82. The van der Waals surface area contributed by atoms with Crippen LogP contribution in [0.5, 0.6) is 0 Å². The molecule has 0 saturated carbocycles. The van der Waals surface area contributed by atoms with Crippen LogP contribution < -0.4 is 5.43 Å². The van der Waals surface area contributed by atoms with Gasteiger partial charge in [-0.25, -0.2) is 4.79 Å². The molecule has 0 fully saturated rings. The molecule has 0 unspecified atom stereocenters. The summed E-state index contributed by atoms with van der Waals surface area (Å²) in [6, 6.07) is 7.10. The van der Waals surface area contributed by atoms with Crippen molar-refractivity contribution in [3.05, 3.63) is 29.3 Å². The van der Waals surface area contributed by atoms with E-state index in [-0.39, 0.29) is 0 Å². The van der Waals surface area contributed by atoms with Gasteiger partial charge < -0.3 is 4.74 Å². The number of esters is 1. The Hall–Kier alpha value is -1.55. The third-order valence-electron chi connectivity index (χ3n) is 1.52. The zero-order chi connectivity index (χ0) is 11.1. The van der Waals surface area contributed by atoms with Crippen molar-refractivity contribution in [1.29, 1.82) is 0 Å². The van der Waals surface area contributed by atoms with Gasteiger partial charge >= 0.3 is 5.97 Å². The molecule has 0 aliphatic carbocycles. The Labute approximate surface area is 92.9 Å². The van der Waals surface area contributed by atoms with Crippen molar-refractivity contribution in [3.8, 4) is 0 Å². The Balaban J connectivity index is 2.50. The number of para-hydroxylation sites is 1. The average molecular weight is 227 g/mol. The number of benzene rings is 1. The highest BCUT2D eigenvalue weighted by atomic mass is 35.5. The van der Waals surface area contributed by atoms with E-state index in [0.29, 0.717) is 17.3 Å². The van der Waals surface area contributed by atoms with Crippen molar-refractivity contribution in [2.45, 2.75) is 6.92 Å². The summed E-state index contributed by atoms with van der Waals surface area (Å²) in [6.45, 7) is 2.06. The van der Waals surface area contributed by atoms with E-state index in [1.54, 1.807) is 19.1 Å². The minimum Gasteiger partial charge on any atom is -0.462 e. The number of rotatable bonds is 4. The van der Waals surface area contributed by atoms with Gasteiger partial charge in [-0.1, -0.05) is 23.7 Å². The Morgan fingerprint density at radius 2 is 2.33 bits per heavy atom. The molecule has 80 valence electrons. The van der Waals surface area contributed by atoms with Crippen LogP contribution in [0.3, 0.4) is 0 Å². The quantitative estimate of drug-likeness (QED) is 0.487. The van der Waals surface area contributed by atoms with Crippen LogP contribution in [0.1, 0.15) is 6.92 Å². The second-order valence-corrected chi connectivity index (χ2v) is 3.01. The molecule has 1 aromatic carbocycles. The normalized spacial score (nSPS) is 10.3. The lowest BCUT2D eigenvalue weighted by atomic mass is 10.3. The predicted molar refractivity (Wildman–Crippen MR) is 60.2 cm³/mol.